The molecule has 4 heterocycles. The van der Waals surface area contributed by atoms with E-state index in [2.05, 4.69) is 19.9 Å². The Hall–Kier alpha value is -9.86. The number of fused-ring (bicyclic) bond motifs is 4. The number of para-hydroxylation sites is 4. The summed E-state index contributed by atoms with van der Waals surface area (Å²) in [7, 11) is 0. The summed E-state index contributed by atoms with van der Waals surface area (Å²) in [5.74, 6) is -6.34. The molecule has 0 radical (unpaired) electrons. The third-order valence-corrected chi connectivity index (χ3v) is 21.4. The zero-order valence-electron chi connectivity index (χ0n) is 55.2. The summed E-state index contributed by atoms with van der Waals surface area (Å²) in [4.78, 5) is 98.0. The molecular formula is C79H86N8O12. The van der Waals surface area contributed by atoms with Crippen molar-refractivity contribution in [1.29, 1.82) is 0 Å². The van der Waals surface area contributed by atoms with Crippen LogP contribution in [0, 0.1) is 59.2 Å². The molecule has 14 atom stereocenters. The highest BCUT2D eigenvalue weighted by Crippen LogP contribution is 2.57. The average molecular weight is 1340 g/mol. The first-order chi connectivity index (χ1) is 48.2. The second kappa shape index (κ2) is 30.9. The van der Waals surface area contributed by atoms with E-state index in [0.29, 0.717) is 43.2 Å². The van der Waals surface area contributed by atoms with Gasteiger partial charge in [0, 0.05) is 106 Å². The van der Waals surface area contributed by atoms with Crippen molar-refractivity contribution in [1.82, 2.24) is 19.9 Å². The van der Waals surface area contributed by atoms with Crippen molar-refractivity contribution in [3.8, 4) is 0 Å². The van der Waals surface area contributed by atoms with Gasteiger partial charge in [-0.3, -0.25) is 19.2 Å². The summed E-state index contributed by atoms with van der Waals surface area (Å²) in [6.45, 7) is -0.219. The number of nitrogens with one attached hydrogen (secondary N) is 4. The normalized spacial score (nSPS) is 22.6. The molecule has 3 aliphatic rings. The van der Waals surface area contributed by atoms with Crippen LogP contribution in [0.25, 0.3) is 43.6 Å². The van der Waals surface area contributed by atoms with Crippen LogP contribution in [-0.4, -0.2) is 120 Å². The zero-order chi connectivity index (χ0) is 68.5. The minimum Gasteiger partial charge on any atom is -0.464 e. The van der Waals surface area contributed by atoms with E-state index >= 15 is 0 Å². The monoisotopic (exact) mass is 1340 g/mol. The number of benzene rings is 6. The predicted molar refractivity (Wildman–Crippen MR) is 375 cm³/mol. The zero-order valence-corrected chi connectivity index (χ0v) is 55.2. The highest BCUT2D eigenvalue weighted by molar-refractivity contribution is 5.91. The van der Waals surface area contributed by atoms with Gasteiger partial charge < -0.3 is 71.3 Å². The Balaban J connectivity index is 0.799. The fourth-order valence-corrected chi connectivity index (χ4v) is 16.6. The third kappa shape index (κ3) is 15.5. The number of H-pyrrole nitrogens is 4. The largest absolute Gasteiger partial charge is 0.464 e. The molecule has 4 aromatic heterocycles. The van der Waals surface area contributed by atoms with E-state index in [9.17, 15) is 28.8 Å². The van der Waals surface area contributed by atoms with Crippen LogP contribution in [0.5, 0.6) is 0 Å². The number of carbonyl (C=O) groups is 6. The summed E-state index contributed by atoms with van der Waals surface area (Å²) >= 11 is 0. The van der Waals surface area contributed by atoms with Gasteiger partial charge in [-0.25, -0.2) is 9.59 Å². The smallest absolute Gasteiger partial charge is 0.338 e. The topological polar surface area (TPSA) is 325 Å². The lowest BCUT2D eigenvalue weighted by atomic mass is 9.73. The molecule has 20 nitrogen and oxygen atoms in total. The van der Waals surface area contributed by atoms with Crippen LogP contribution >= 0.6 is 0 Å². The summed E-state index contributed by atoms with van der Waals surface area (Å²) in [6, 6.07) is 44.7. The number of carbonyl (C=O) groups excluding carboxylic acids is 6. The number of aromatic amines is 4. The molecule has 99 heavy (non-hydrogen) atoms. The van der Waals surface area contributed by atoms with Crippen LogP contribution in [0.1, 0.15) is 75.1 Å². The molecule has 2 unspecified atom stereocenters. The fraction of sp³-hybridized carbons (Fsp3) is 0.367. The molecule has 3 saturated carbocycles. The Labute approximate surface area is 573 Å². The standard InChI is InChI=1S/C79H86N8O12/c80-64(32-50-36-84-68-23-11-7-19-58(50)68)76(90)94-40-54-30-56(42-96-78(92)66(82)34-52-38-86-70-25-13-9-21-60(52)70)72(62(54)44-98-74(88)46-15-3-1-4-16-46)48-27-28-49(29-48)73-57(43-97-79(93)67(83)35-53-39-87-71-26-14-10-22-61(53)71)31-55(63(73)45-99-75(89)47-17-5-2-6-18-47)41-95-77(91)65(81)33-51-37-85-69-24-12-8-20-59(51)69/h1-26,36-39,48-49,54-57,62-67,72-73,84-87H,27-35,40-45,80-83H2/t48-,49+,54+,55-,56-,57+,62-,63+,64-,65-,66-,67-,72?,73?/m0/s1. The van der Waals surface area contributed by atoms with Crippen molar-refractivity contribution in [2.45, 2.75) is 82.0 Å². The molecule has 0 bridgehead atoms. The second-order valence-corrected chi connectivity index (χ2v) is 27.5. The molecule has 6 aromatic carbocycles. The maximum absolute atomic E-state index is 14.3. The van der Waals surface area contributed by atoms with Crippen LogP contribution in [0.2, 0.25) is 0 Å². The molecule has 0 saturated heterocycles. The number of hydrogen-bond donors (Lipinski definition) is 8. The Morgan fingerprint density at radius 2 is 0.606 bits per heavy atom. The van der Waals surface area contributed by atoms with Crippen LogP contribution in [0.15, 0.2) is 183 Å². The number of nitrogens with two attached hydrogens (primary N) is 4. The Bertz CT molecular complexity index is 4170. The fourth-order valence-electron chi connectivity index (χ4n) is 16.6. The lowest BCUT2D eigenvalue weighted by molar-refractivity contribution is -0.148. The molecule has 0 aliphatic heterocycles. The van der Waals surface area contributed by atoms with Crippen molar-refractivity contribution in [3.63, 3.8) is 0 Å². The SMILES string of the molecule is N[C@@H](Cc1c[nH]c2ccccc12)C(=O)OC[C@@H]1C[C@H](COC(=O)[C@@H](N)Cc2c[nH]c3ccccc23)[C@H](COC(=O)c2ccccc2)C1[C@H]1CC[C@@H](C2[C@@H](COC(=O)[C@@H](N)Cc3c[nH]c4ccccc34)C[C@@H](COC(=O)[C@@H](N)Cc3c[nH]c4ccccc34)[C@H]2COC(=O)c2ccccc2)C1. The van der Waals surface area contributed by atoms with Crippen LogP contribution in [0.4, 0.5) is 0 Å². The average Bonchev–Trinajstić information content (AvgIpc) is 1.62. The molecule has 514 valence electrons. The van der Waals surface area contributed by atoms with Crippen molar-refractivity contribution >= 4 is 79.4 Å². The Morgan fingerprint density at radius 1 is 0.333 bits per heavy atom. The summed E-state index contributed by atoms with van der Waals surface area (Å²) < 4.78 is 37.7. The van der Waals surface area contributed by atoms with Crippen molar-refractivity contribution in [3.05, 3.63) is 216 Å². The van der Waals surface area contributed by atoms with Crippen LogP contribution < -0.4 is 22.9 Å². The highest BCUT2D eigenvalue weighted by Gasteiger charge is 2.54. The maximum atomic E-state index is 14.3. The van der Waals surface area contributed by atoms with Gasteiger partial charge in [-0.15, -0.1) is 0 Å². The number of hydrogen-bond acceptors (Lipinski definition) is 16. The molecule has 12 N–H and O–H groups in total. The van der Waals surface area contributed by atoms with Gasteiger partial charge in [-0.2, -0.15) is 0 Å². The van der Waals surface area contributed by atoms with Crippen molar-refractivity contribution < 1.29 is 57.2 Å². The van der Waals surface area contributed by atoms with Gasteiger partial charge in [-0.05, 0) is 150 Å². The molecule has 0 amide bonds. The number of aromatic nitrogens is 4. The van der Waals surface area contributed by atoms with E-state index < -0.39 is 71.8 Å². The minimum atomic E-state index is -0.996. The van der Waals surface area contributed by atoms with E-state index in [1.54, 1.807) is 48.5 Å². The highest BCUT2D eigenvalue weighted by atomic mass is 16.6. The van der Waals surface area contributed by atoms with Crippen molar-refractivity contribution in [2.75, 3.05) is 39.6 Å². The summed E-state index contributed by atoms with van der Waals surface area (Å²) in [5.41, 5.74) is 34.7. The predicted octanol–water partition coefficient (Wildman–Crippen LogP) is 10.2. The third-order valence-electron chi connectivity index (χ3n) is 21.4. The molecule has 3 aliphatic carbocycles. The molecule has 20 heteroatoms. The number of rotatable bonds is 28. The van der Waals surface area contributed by atoms with E-state index in [0.717, 1.165) is 65.9 Å². The Kier molecular flexibility index (Phi) is 21.1. The van der Waals surface area contributed by atoms with Gasteiger partial charge in [0.25, 0.3) is 0 Å². The van der Waals surface area contributed by atoms with Gasteiger partial charge in [0.1, 0.15) is 24.2 Å². The van der Waals surface area contributed by atoms with Gasteiger partial charge in [0.2, 0.25) is 0 Å². The second-order valence-electron chi connectivity index (χ2n) is 27.5. The summed E-state index contributed by atoms with van der Waals surface area (Å²) in [6.07, 6.45) is 11.2. The first-order valence-electron chi connectivity index (χ1n) is 34.5. The molecule has 13 rings (SSSR count). The molecule has 3 fully saturated rings. The van der Waals surface area contributed by atoms with E-state index in [4.69, 9.17) is 51.4 Å². The van der Waals surface area contributed by atoms with Gasteiger partial charge in [-0.1, -0.05) is 109 Å². The first kappa shape index (κ1) is 67.7. The van der Waals surface area contributed by atoms with Crippen LogP contribution in [-0.2, 0) is 73.3 Å². The molecule has 0 spiro atoms. The van der Waals surface area contributed by atoms with E-state index in [1.807, 2.05) is 134 Å². The number of esters is 6. The Morgan fingerprint density at radius 3 is 0.909 bits per heavy atom. The minimum absolute atomic E-state index is 0.0192. The lowest BCUT2D eigenvalue weighted by Crippen LogP contribution is -2.38. The lowest BCUT2D eigenvalue weighted by Gasteiger charge is -2.34. The molecule has 10 aromatic rings. The van der Waals surface area contributed by atoms with Gasteiger partial charge in [0.15, 0.2) is 0 Å². The van der Waals surface area contributed by atoms with Crippen LogP contribution in [0.3, 0.4) is 0 Å². The molecular weight excluding hydrogens is 1250 g/mol. The van der Waals surface area contributed by atoms with E-state index in [-0.39, 0.29) is 113 Å². The van der Waals surface area contributed by atoms with Gasteiger partial charge in [0.05, 0.1) is 50.8 Å². The quantitative estimate of drug-likeness (QED) is 0.0167. The van der Waals surface area contributed by atoms with E-state index in [1.165, 1.54) is 0 Å². The summed E-state index contributed by atoms with van der Waals surface area (Å²) in [5, 5.41) is 3.82. The first-order valence-corrected chi connectivity index (χ1v) is 34.5. The number of ether oxygens (including phenoxy) is 6. The maximum Gasteiger partial charge on any atom is 0.338 e. The van der Waals surface area contributed by atoms with Crippen molar-refractivity contribution in [2.24, 2.45) is 82.1 Å². The van der Waals surface area contributed by atoms with Gasteiger partial charge >= 0.3 is 35.8 Å².